The smallest absolute Gasteiger partial charge is 0.226 e. The number of carbonyl (C=O) groups excluding carboxylic acids is 1. The Hall–Kier alpha value is -2.36. The molecule has 0 aliphatic carbocycles. The monoisotopic (exact) mass is 310 g/mol. The summed E-state index contributed by atoms with van der Waals surface area (Å²) in [4.78, 5) is 16.6. The van der Waals surface area contributed by atoms with Crippen LogP contribution in [0.15, 0.2) is 42.6 Å². The zero-order valence-corrected chi connectivity index (χ0v) is 13.8. The second kappa shape index (κ2) is 6.03. The van der Waals surface area contributed by atoms with Gasteiger partial charge in [0.25, 0.3) is 0 Å². The summed E-state index contributed by atoms with van der Waals surface area (Å²) in [5.41, 5.74) is 2.67. The summed E-state index contributed by atoms with van der Waals surface area (Å²) >= 11 is 0. The van der Waals surface area contributed by atoms with Gasteiger partial charge in [0, 0.05) is 23.9 Å². The number of carbonyl (C=O) groups is 1. The van der Waals surface area contributed by atoms with Gasteiger partial charge in [-0.25, -0.2) is 0 Å². The van der Waals surface area contributed by atoms with Crippen LogP contribution in [0.2, 0.25) is 0 Å². The number of benzene rings is 1. The number of nitrogens with zero attached hydrogens (tertiary/aromatic N) is 1. The van der Waals surface area contributed by atoms with E-state index in [2.05, 4.69) is 30.2 Å². The van der Waals surface area contributed by atoms with E-state index in [1.54, 1.807) is 6.20 Å². The van der Waals surface area contributed by atoms with Crippen LogP contribution in [0.4, 0.5) is 0 Å². The number of ether oxygens (including phenoxy) is 1. The molecule has 2 heterocycles. The van der Waals surface area contributed by atoms with Crippen molar-refractivity contribution in [1.82, 2.24) is 10.3 Å². The molecule has 120 valence electrons. The fraction of sp³-hybridized carbons (Fsp3) is 0.368. The predicted molar refractivity (Wildman–Crippen MR) is 89.3 cm³/mol. The number of fused-ring (bicyclic) bond motifs is 1. The fourth-order valence-corrected chi connectivity index (χ4v) is 3.00. The standard InChI is InChI=1S/C19H22N2O2/c1-13-7-8-15-16(12-19(2,3)23-17(15)10-13)21-18(22)11-14-6-4-5-9-20-14/h4-10,16H,11-12H2,1-3H3,(H,21,22). The summed E-state index contributed by atoms with van der Waals surface area (Å²) < 4.78 is 6.07. The zero-order chi connectivity index (χ0) is 16.4. The van der Waals surface area contributed by atoms with E-state index in [0.29, 0.717) is 6.42 Å². The quantitative estimate of drug-likeness (QED) is 0.946. The summed E-state index contributed by atoms with van der Waals surface area (Å²) in [7, 11) is 0. The molecule has 23 heavy (non-hydrogen) atoms. The van der Waals surface area contributed by atoms with Gasteiger partial charge in [-0.15, -0.1) is 0 Å². The van der Waals surface area contributed by atoms with Gasteiger partial charge in [-0.2, -0.15) is 0 Å². The molecule has 2 aromatic rings. The van der Waals surface area contributed by atoms with E-state index >= 15 is 0 Å². The zero-order valence-electron chi connectivity index (χ0n) is 13.8. The Morgan fingerprint density at radius 3 is 2.91 bits per heavy atom. The topological polar surface area (TPSA) is 51.2 Å². The normalized spacial score (nSPS) is 18.7. The average Bonchev–Trinajstić information content (AvgIpc) is 2.46. The molecule has 4 nitrogen and oxygen atoms in total. The van der Waals surface area contributed by atoms with E-state index in [1.807, 2.05) is 37.3 Å². The Morgan fingerprint density at radius 2 is 2.17 bits per heavy atom. The molecule has 0 saturated heterocycles. The van der Waals surface area contributed by atoms with Crippen LogP contribution in [-0.4, -0.2) is 16.5 Å². The first-order chi connectivity index (χ1) is 10.9. The van der Waals surface area contributed by atoms with Gasteiger partial charge in [0.1, 0.15) is 11.4 Å². The predicted octanol–water partition coefficient (Wildman–Crippen LogP) is 3.35. The third-order valence-corrected chi connectivity index (χ3v) is 4.03. The molecule has 1 atom stereocenters. The van der Waals surface area contributed by atoms with Crippen molar-refractivity contribution in [3.63, 3.8) is 0 Å². The van der Waals surface area contributed by atoms with E-state index in [4.69, 9.17) is 4.74 Å². The lowest BCUT2D eigenvalue weighted by atomic mass is 9.89. The number of aryl methyl sites for hydroxylation is 1. The van der Waals surface area contributed by atoms with Crippen molar-refractivity contribution in [3.05, 3.63) is 59.4 Å². The first-order valence-electron chi connectivity index (χ1n) is 7.92. The minimum absolute atomic E-state index is 0.0158. The minimum Gasteiger partial charge on any atom is -0.487 e. The molecule has 1 aliphatic rings. The van der Waals surface area contributed by atoms with Crippen LogP contribution in [0.1, 0.15) is 43.1 Å². The maximum Gasteiger partial charge on any atom is 0.226 e. The Labute approximate surface area is 136 Å². The van der Waals surface area contributed by atoms with Crippen LogP contribution in [0, 0.1) is 6.92 Å². The molecule has 0 fully saturated rings. The summed E-state index contributed by atoms with van der Waals surface area (Å²) in [6.07, 6.45) is 2.75. The van der Waals surface area contributed by atoms with Crippen LogP contribution < -0.4 is 10.1 Å². The molecular formula is C19H22N2O2. The van der Waals surface area contributed by atoms with Crippen LogP contribution in [0.5, 0.6) is 5.75 Å². The van der Waals surface area contributed by atoms with Crippen molar-refractivity contribution in [2.45, 2.75) is 45.3 Å². The van der Waals surface area contributed by atoms with Crippen LogP contribution >= 0.6 is 0 Å². The lowest BCUT2D eigenvalue weighted by molar-refractivity contribution is -0.121. The first-order valence-corrected chi connectivity index (χ1v) is 7.92. The number of hydrogen-bond acceptors (Lipinski definition) is 3. The molecule has 1 aromatic heterocycles. The van der Waals surface area contributed by atoms with Gasteiger partial charge in [-0.1, -0.05) is 18.2 Å². The maximum atomic E-state index is 12.4. The highest BCUT2D eigenvalue weighted by atomic mass is 16.5. The third kappa shape index (κ3) is 3.70. The molecule has 0 bridgehead atoms. The molecule has 0 spiro atoms. The lowest BCUT2D eigenvalue weighted by Gasteiger charge is -2.38. The van der Waals surface area contributed by atoms with Crippen LogP contribution in [-0.2, 0) is 11.2 Å². The number of rotatable bonds is 3. The van der Waals surface area contributed by atoms with Crippen LogP contribution in [0.3, 0.4) is 0 Å². The molecular weight excluding hydrogens is 288 g/mol. The van der Waals surface area contributed by atoms with Gasteiger partial charge >= 0.3 is 0 Å². The summed E-state index contributed by atoms with van der Waals surface area (Å²) in [5.74, 6) is 0.849. The molecule has 0 saturated carbocycles. The lowest BCUT2D eigenvalue weighted by Crippen LogP contribution is -2.41. The number of hydrogen-bond donors (Lipinski definition) is 1. The highest BCUT2D eigenvalue weighted by Gasteiger charge is 2.34. The van der Waals surface area contributed by atoms with E-state index in [1.165, 1.54) is 0 Å². The second-order valence-corrected chi connectivity index (χ2v) is 6.73. The summed E-state index contributed by atoms with van der Waals surface area (Å²) in [5, 5.41) is 3.14. The van der Waals surface area contributed by atoms with Gasteiger partial charge in [0.05, 0.1) is 12.5 Å². The van der Waals surface area contributed by atoms with Crippen LogP contribution in [0.25, 0.3) is 0 Å². The highest BCUT2D eigenvalue weighted by molar-refractivity contribution is 5.78. The molecule has 1 N–H and O–H groups in total. The minimum atomic E-state index is -0.302. The third-order valence-electron chi connectivity index (χ3n) is 4.03. The highest BCUT2D eigenvalue weighted by Crippen LogP contribution is 2.39. The van der Waals surface area contributed by atoms with Crippen molar-refractivity contribution in [2.75, 3.05) is 0 Å². The van der Waals surface area contributed by atoms with Crippen molar-refractivity contribution < 1.29 is 9.53 Å². The SMILES string of the molecule is Cc1ccc2c(c1)OC(C)(C)CC2NC(=O)Cc1ccccn1. The van der Waals surface area contributed by atoms with Crippen molar-refractivity contribution in [3.8, 4) is 5.75 Å². The largest absolute Gasteiger partial charge is 0.487 e. The van der Waals surface area contributed by atoms with Gasteiger partial charge in [-0.3, -0.25) is 9.78 Å². The number of nitrogens with one attached hydrogen (secondary N) is 1. The van der Waals surface area contributed by atoms with Gasteiger partial charge in [0.2, 0.25) is 5.91 Å². The van der Waals surface area contributed by atoms with Gasteiger partial charge in [0.15, 0.2) is 0 Å². The number of pyridine rings is 1. The Morgan fingerprint density at radius 1 is 1.35 bits per heavy atom. The van der Waals surface area contributed by atoms with E-state index in [9.17, 15) is 4.79 Å². The molecule has 0 radical (unpaired) electrons. The maximum absolute atomic E-state index is 12.4. The van der Waals surface area contributed by atoms with E-state index in [0.717, 1.165) is 29.0 Å². The Bertz CT molecular complexity index is 711. The summed E-state index contributed by atoms with van der Waals surface area (Å²) in [6.45, 7) is 6.15. The number of aromatic nitrogens is 1. The summed E-state index contributed by atoms with van der Waals surface area (Å²) in [6, 6.07) is 11.7. The van der Waals surface area contributed by atoms with E-state index in [-0.39, 0.29) is 17.6 Å². The van der Waals surface area contributed by atoms with Crippen molar-refractivity contribution in [2.24, 2.45) is 0 Å². The molecule has 1 unspecified atom stereocenters. The first kappa shape index (κ1) is 15.5. The second-order valence-electron chi connectivity index (χ2n) is 6.73. The molecule has 3 rings (SSSR count). The fourth-order valence-electron chi connectivity index (χ4n) is 3.00. The molecule has 4 heteroatoms. The molecule has 1 amide bonds. The average molecular weight is 310 g/mol. The Kier molecular flexibility index (Phi) is 4.07. The van der Waals surface area contributed by atoms with Gasteiger partial charge in [-0.05, 0) is 44.5 Å². The van der Waals surface area contributed by atoms with E-state index < -0.39 is 0 Å². The molecule has 1 aliphatic heterocycles. The van der Waals surface area contributed by atoms with Gasteiger partial charge < -0.3 is 10.1 Å². The Balaban J connectivity index is 1.78. The van der Waals surface area contributed by atoms with Crippen molar-refractivity contribution >= 4 is 5.91 Å². The van der Waals surface area contributed by atoms with Crippen molar-refractivity contribution in [1.29, 1.82) is 0 Å². The number of amides is 1. The molecule has 1 aromatic carbocycles.